The molecule has 0 saturated carbocycles. The Labute approximate surface area is 78.1 Å². The molecule has 0 aliphatic rings. The summed E-state index contributed by atoms with van der Waals surface area (Å²) in [6, 6.07) is 0. The first-order valence-corrected chi connectivity index (χ1v) is 5.14. The Morgan fingerprint density at radius 3 is 2.08 bits per heavy atom. The van der Waals surface area contributed by atoms with Crippen LogP contribution < -0.4 is 0 Å². The molecule has 0 nitrogen and oxygen atoms in total. The number of hydrogen-bond donors (Lipinski definition) is 0. The Morgan fingerprint density at radius 2 is 1.50 bits per heavy atom. The average molecular weight is 166 g/mol. The van der Waals surface area contributed by atoms with Crippen LogP contribution in [0.5, 0.6) is 0 Å². The minimum absolute atomic E-state index is 1.21. The second-order valence-corrected chi connectivity index (χ2v) is 3.22. The average Bonchev–Trinajstić information content (AvgIpc) is 2.10. The highest BCUT2D eigenvalue weighted by atomic mass is 13.9. The predicted molar refractivity (Wildman–Crippen MR) is 56.8 cm³/mol. The van der Waals surface area contributed by atoms with Gasteiger partial charge in [-0.2, -0.15) is 0 Å². The van der Waals surface area contributed by atoms with Crippen molar-refractivity contribution in [2.45, 2.75) is 51.9 Å². The lowest BCUT2D eigenvalue weighted by Gasteiger charge is -1.98. The lowest BCUT2D eigenvalue weighted by atomic mass is 10.1. The second kappa shape index (κ2) is 10.7. The lowest BCUT2D eigenvalue weighted by molar-refractivity contribution is 0.615. The molecule has 0 heteroatoms. The van der Waals surface area contributed by atoms with Crippen LogP contribution in [0.2, 0.25) is 0 Å². The van der Waals surface area contributed by atoms with Gasteiger partial charge in [0.15, 0.2) is 0 Å². The molecular weight excluding hydrogens is 144 g/mol. The fourth-order valence-electron chi connectivity index (χ4n) is 1.26. The van der Waals surface area contributed by atoms with Crippen molar-refractivity contribution < 1.29 is 0 Å². The SMILES string of the molecule is [CH2]C=CCCCCCCC[CH]C. The van der Waals surface area contributed by atoms with Gasteiger partial charge in [0.25, 0.3) is 0 Å². The van der Waals surface area contributed by atoms with Crippen LogP contribution in [-0.4, -0.2) is 0 Å². The molecule has 0 heterocycles. The third kappa shape index (κ3) is 9.74. The molecule has 70 valence electrons. The van der Waals surface area contributed by atoms with Gasteiger partial charge in [0.05, 0.1) is 0 Å². The van der Waals surface area contributed by atoms with Gasteiger partial charge in [-0.05, 0) is 26.2 Å². The molecular formula is C12H22. The minimum atomic E-state index is 1.21. The number of unbranched alkanes of at least 4 members (excludes halogenated alkanes) is 7. The van der Waals surface area contributed by atoms with Gasteiger partial charge < -0.3 is 0 Å². The Balaban J connectivity index is 2.81. The van der Waals surface area contributed by atoms with E-state index in [0.717, 1.165) is 0 Å². The number of rotatable bonds is 8. The van der Waals surface area contributed by atoms with Crippen LogP contribution in [-0.2, 0) is 0 Å². The summed E-state index contributed by atoms with van der Waals surface area (Å²) in [7, 11) is 0. The Hall–Kier alpha value is -0.260. The second-order valence-electron chi connectivity index (χ2n) is 3.22. The van der Waals surface area contributed by atoms with Crippen molar-refractivity contribution in [1.29, 1.82) is 0 Å². The number of allylic oxidation sites excluding steroid dienone is 2. The maximum atomic E-state index is 3.66. The van der Waals surface area contributed by atoms with E-state index in [9.17, 15) is 0 Å². The molecule has 0 N–H and O–H groups in total. The third-order valence-electron chi connectivity index (χ3n) is 2.03. The van der Waals surface area contributed by atoms with E-state index in [0.29, 0.717) is 0 Å². The first-order valence-electron chi connectivity index (χ1n) is 5.14. The highest BCUT2D eigenvalue weighted by Gasteiger charge is 1.88. The molecule has 0 aliphatic heterocycles. The first kappa shape index (κ1) is 11.7. The van der Waals surface area contributed by atoms with Gasteiger partial charge in [-0.1, -0.05) is 51.2 Å². The van der Waals surface area contributed by atoms with Crippen molar-refractivity contribution in [1.82, 2.24) is 0 Å². The Morgan fingerprint density at radius 1 is 0.917 bits per heavy atom. The molecule has 0 aromatic heterocycles. The van der Waals surface area contributed by atoms with Crippen molar-refractivity contribution in [3.63, 3.8) is 0 Å². The van der Waals surface area contributed by atoms with Gasteiger partial charge >= 0.3 is 0 Å². The van der Waals surface area contributed by atoms with Gasteiger partial charge in [0, 0.05) is 0 Å². The van der Waals surface area contributed by atoms with Crippen molar-refractivity contribution in [3.8, 4) is 0 Å². The van der Waals surface area contributed by atoms with E-state index < -0.39 is 0 Å². The summed E-state index contributed by atoms with van der Waals surface area (Å²) in [4.78, 5) is 0. The molecule has 0 fully saturated rings. The summed E-state index contributed by atoms with van der Waals surface area (Å²) in [5.41, 5.74) is 0. The normalized spacial score (nSPS) is 11.2. The minimum Gasteiger partial charge on any atom is -0.0885 e. The van der Waals surface area contributed by atoms with E-state index in [-0.39, 0.29) is 0 Å². The molecule has 0 bridgehead atoms. The van der Waals surface area contributed by atoms with E-state index in [1.807, 2.05) is 6.08 Å². The van der Waals surface area contributed by atoms with Crippen molar-refractivity contribution >= 4 is 0 Å². The van der Waals surface area contributed by atoms with Gasteiger partial charge in [0.2, 0.25) is 0 Å². The van der Waals surface area contributed by atoms with Crippen LogP contribution in [0.1, 0.15) is 51.9 Å². The molecule has 2 radical (unpaired) electrons. The van der Waals surface area contributed by atoms with Gasteiger partial charge in [-0.3, -0.25) is 0 Å². The van der Waals surface area contributed by atoms with Crippen LogP contribution >= 0.6 is 0 Å². The summed E-state index contributed by atoms with van der Waals surface area (Å²) in [6.07, 6.45) is 15.7. The zero-order chi connectivity index (χ0) is 9.07. The van der Waals surface area contributed by atoms with E-state index in [1.165, 1.54) is 44.9 Å². The molecule has 0 aromatic rings. The Kier molecular flexibility index (Phi) is 10.5. The smallest absolute Gasteiger partial charge is 0.0316 e. The molecule has 0 aromatic carbocycles. The molecule has 0 atom stereocenters. The quantitative estimate of drug-likeness (QED) is 0.471. The fraction of sp³-hybridized carbons (Fsp3) is 0.667. The third-order valence-corrected chi connectivity index (χ3v) is 2.03. The predicted octanol–water partition coefficient (Wildman–Crippen LogP) is 4.33. The fourth-order valence-corrected chi connectivity index (χ4v) is 1.26. The van der Waals surface area contributed by atoms with Gasteiger partial charge in [-0.15, -0.1) is 0 Å². The van der Waals surface area contributed by atoms with E-state index in [1.54, 1.807) is 0 Å². The topological polar surface area (TPSA) is 0 Å². The van der Waals surface area contributed by atoms with Gasteiger partial charge in [0.1, 0.15) is 0 Å². The van der Waals surface area contributed by atoms with Gasteiger partial charge in [-0.25, -0.2) is 0 Å². The first-order chi connectivity index (χ1) is 5.91. The molecule has 0 aliphatic carbocycles. The van der Waals surface area contributed by atoms with Crippen LogP contribution in [0, 0.1) is 13.3 Å². The van der Waals surface area contributed by atoms with Crippen LogP contribution in [0.15, 0.2) is 12.2 Å². The van der Waals surface area contributed by atoms with Crippen LogP contribution in [0.3, 0.4) is 0 Å². The van der Waals surface area contributed by atoms with E-state index >= 15 is 0 Å². The van der Waals surface area contributed by atoms with Crippen molar-refractivity contribution in [2.75, 3.05) is 0 Å². The largest absolute Gasteiger partial charge is 0.0885 e. The van der Waals surface area contributed by atoms with Crippen molar-refractivity contribution in [2.24, 2.45) is 0 Å². The van der Waals surface area contributed by atoms with E-state index in [2.05, 4.69) is 26.3 Å². The van der Waals surface area contributed by atoms with Crippen LogP contribution in [0.25, 0.3) is 0 Å². The maximum Gasteiger partial charge on any atom is -0.0316 e. The summed E-state index contributed by atoms with van der Waals surface area (Å²) < 4.78 is 0. The molecule has 0 rings (SSSR count). The molecule has 0 amide bonds. The summed E-state index contributed by atoms with van der Waals surface area (Å²) in [5, 5.41) is 0. The highest BCUT2D eigenvalue weighted by Crippen LogP contribution is 2.07. The maximum absolute atomic E-state index is 3.66. The highest BCUT2D eigenvalue weighted by molar-refractivity contribution is 4.83. The zero-order valence-electron chi connectivity index (χ0n) is 8.39. The van der Waals surface area contributed by atoms with E-state index in [4.69, 9.17) is 0 Å². The van der Waals surface area contributed by atoms with Crippen molar-refractivity contribution in [3.05, 3.63) is 25.5 Å². The monoisotopic (exact) mass is 166 g/mol. The Bertz CT molecular complexity index is 92.2. The molecule has 0 saturated heterocycles. The summed E-state index contributed by atoms with van der Waals surface area (Å²) >= 11 is 0. The number of hydrogen-bond acceptors (Lipinski definition) is 0. The molecule has 0 unspecified atom stereocenters. The molecule has 12 heavy (non-hydrogen) atoms. The van der Waals surface area contributed by atoms with Crippen LogP contribution in [0.4, 0.5) is 0 Å². The molecule has 0 spiro atoms. The summed E-state index contributed by atoms with van der Waals surface area (Å²) in [6.45, 7) is 5.80. The zero-order valence-corrected chi connectivity index (χ0v) is 8.39. The lowest BCUT2D eigenvalue weighted by Crippen LogP contribution is -1.78. The standard InChI is InChI=1S/C12H22/c1-3-5-7-9-11-12-10-8-6-4-2/h3-5H,1,6-12H2,2H3. The summed E-state index contributed by atoms with van der Waals surface area (Å²) in [5.74, 6) is 0.